The highest BCUT2D eigenvalue weighted by atomic mass is 35.5. The SMILES string of the molecule is CN1CC2CCN(c3nc(Cl)cc4c3C(=O)N3CCN(C(=O)O)C[C@@H]3CO4)C2C1. The molecule has 4 aliphatic rings. The van der Waals surface area contributed by atoms with Crippen LogP contribution in [0.3, 0.4) is 0 Å². The molecule has 0 spiro atoms. The quantitative estimate of drug-likeness (QED) is 0.678. The van der Waals surface area contributed by atoms with Gasteiger partial charge in [0.1, 0.15) is 28.9 Å². The van der Waals surface area contributed by atoms with Crippen molar-refractivity contribution >= 4 is 29.4 Å². The third-order valence-electron chi connectivity index (χ3n) is 6.59. The molecular formula is C19H24ClN5O4. The van der Waals surface area contributed by atoms with Crippen LogP contribution in [0.1, 0.15) is 16.8 Å². The summed E-state index contributed by atoms with van der Waals surface area (Å²) in [6.07, 6.45) is 0.0881. The Kier molecular flexibility index (Phi) is 4.47. The van der Waals surface area contributed by atoms with E-state index in [0.717, 1.165) is 26.1 Å². The molecule has 9 nitrogen and oxygen atoms in total. The lowest BCUT2D eigenvalue weighted by molar-refractivity contribution is 0.0390. The highest BCUT2D eigenvalue weighted by Crippen LogP contribution is 2.40. The van der Waals surface area contributed by atoms with Gasteiger partial charge in [-0.05, 0) is 19.4 Å². The van der Waals surface area contributed by atoms with E-state index < -0.39 is 6.09 Å². The van der Waals surface area contributed by atoms with Gasteiger partial charge in [-0.2, -0.15) is 0 Å². The number of amides is 2. The van der Waals surface area contributed by atoms with Gasteiger partial charge in [-0.25, -0.2) is 9.78 Å². The first-order valence-corrected chi connectivity index (χ1v) is 10.4. The molecule has 2 amide bonds. The summed E-state index contributed by atoms with van der Waals surface area (Å²) in [5.41, 5.74) is 0.455. The zero-order chi connectivity index (χ0) is 20.3. The number of aromatic nitrogens is 1. The van der Waals surface area contributed by atoms with E-state index in [2.05, 4.69) is 21.8 Å². The van der Waals surface area contributed by atoms with Gasteiger partial charge < -0.3 is 29.4 Å². The van der Waals surface area contributed by atoms with Crippen LogP contribution in [0.4, 0.5) is 10.6 Å². The number of piperazine rings is 1. The average Bonchev–Trinajstić information content (AvgIpc) is 3.19. The molecule has 4 aliphatic heterocycles. The lowest BCUT2D eigenvalue weighted by Crippen LogP contribution is -2.57. The van der Waals surface area contributed by atoms with Crippen LogP contribution in [0.2, 0.25) is 5.15 Å². The number of halogens is 1. The minimum Gasteiger partial charge on any atom is -0.490 e. The number of carboxylic acid groups (broad SMARTS) is 1. The molecule has 3 atom stereocenters. The predicted molar refractivity (Wildman–Crippen MR) is 106 cm³/mol. The van der Waals surface area contributed by atoms with Crippen molar-refractivity contribution in [1.82, 2.24) is 19.7 Å². The van der Waals surface area contributed by atoms with Crippen LogP contribution in [0.5, 0.6) is 5.75 Å². The van der Waals surface area contributed by atoms with Gasteiger partial charge in [-0.1, -0.05) is 11.6 Å². The fraction of sp³-hybridized carbons (Fsp3) is 0.632. The number of carbonyl (C=O) groups excluding carboxylic acids is 1. The van der Waals surface area contributed by atoms with Crippen molar-refractivity contribution in [3.63, 3.8) is 0 Å². The summed E-state index contributed by atoms with van der Waals surface area (Å²) >= 11 is 6.31. The number of nitrogens with zero attached hydrogens (tertiary/aromatic N) is 5. The van der Waals surface area contributed by atoms with Gasteiger partial charge in [0.15, 0.2) is 0 Å². The van der Waals surface area contributed by atoms with Crippen LogP contribution in [-0.2, 0) is 0 Å². The fourth-order valence-corrected chi connectivity index (χ4v) is 5.39. The number of likely N-dealkylation sites (N-methyl/N-ethyl adjacent to an activating group) is 1. The van der Waals surface area contributed by atoms with E-state index in [1.165, 1.54) is 4.90 Å². The molecule has 0 aliphatic carbocycles. The highest BCUT2D eigenvalue weighted by molar-refractivity contribution is 6.30. The Labute approximate surface area is 173 Å². The minimum absolute atomic E-state index is 0.151. The number of ether oxygens (including phenoxy) is 1. The summed E-state index contributed by atoms with van der Waals surface area (Å²) in [4.78, 5) is 37.1. The number of anilines is 1. The molecule has 29 heavy (non-hydrogen) atoms. The van der Waals surface area contributed by atoms with Gasteiger partial charge >= 0.3 is 6.09 Å². The van der Waals surface area contributed by atoms with Crippen LogP contribution in [0.15, 0.2) is 6.07 Å². The molecule has 1 N–H and O–H groups in total. The molecular weight excluding hydrogens is 398 g/mol. The molecule has 0 bridgehead atoms. The third kappa shape index (κ3) is 3.07. The van der Waals surface area contributed by atoms with Crippen molar-refractivity contribution in [3.8, 4) is 5.75 Å². The number of pyridine rings is 1. The standard InChI is InChI=1S/C19H24ClN5O4/c1-22-7-11-2-3-25(13(11)9-22)17-16-14(6-15(20)21-17)29-10-12-8-23(19(27)28)4-5-24(12)18(16)26/h6,11-13H,2-5,7-10H2,1H3,(H,27,28)/t11?,12-,13?/m1/s1. The van der Waals surface area contributed by atoms with Gasteiger partial charge in [-0.15, -0.1) is 0 Å². The maximum Gasteiger partial charge on any atom is 0.407 e. The van der Waals surface area contributed by atoms with Gasteiger partial charge in [0, 0.05) is 51.4 Å². The van der Waals surface area contributed by atoms with Crippen molar-refractivity contribution in [3.05, 3.63) is 16.8 Å². The minimum atomic E-state index is -0.974. The molecule has 2 unspecified atom stereocenters. The zero-order valence-electron chi connectivity index (χ0n) is 16.3. The summed E-state index contributed by atoms with van der Waals surface area (Å²) in [7, 11) is 2.11. The predicted octanol–water partition coefficient (Wildman–Crippen LogP) is 1.07. The van der Waals surface area contributed by atoms with Crippen LogP contribution < -0.4 is 9.64 Å². The van der Waals surface area contributed by atoms with E-state index >= 15 is 0 Å². The molecule has 5 heterocycles. The summed E-state index contributed by atoms with van der Waals surface area (Å²) in [5.74, 6) is 1.45. The van der Waals surface area contributed by atoms with Gasteiger partial charge in [0.2, 0.25) is 0 Å². The molecule has 156 valence electrons. The monoisotopic (exact) mass is 421 g/mol. The van der Waals surface area contributed by atoms with E-state index in [-0.39, 0.29) is 25.1 Å². The first kappa shape index (κ1) is 18.7. The van der Waals surface area contributed by atoms with Gasteiger partial charge in [-0.3, -0.25) is 4.79 Å². The smallest absolute Gasteiger partial charge is 0.407 e. The number of hydrogen-bond donors (Lipinski definition) is 1. The second-order valence-electron chi connectivity index (χ2n) is 8.36. The summed E-state index contributed by atoms with van der Waals surface area (Å²) in [6, 6.07) is 1.58. The molecule has 10 heteroatoms. The molecule has 1 aromatic heterocycles. The van der Waals surface area contributed by atoms with Crippen LogP contribution in [0.25, 0.3) is 0 Å². The van der Waals surface area contributed by atoms with Crippen molar-refractivity contribution in [1.29, 1.82) is 0 Å². The Morgan fingerprint density at radius 1 is 1.24 bits per heavy atom. The van der Waals surface area contributed by atoms with E-state index in [1.807, 2.05) is 0 Å². The van der Waals surface area contributed by atoms with Gasteiger partial charge in [0.25, 0.3) is 5.91 Å². The second kappa shape index (κ2) is 6.91. The fourth-order valence-electron chi connectivity index (χ4n) is 5.21. The number of carbonyl (C=O) groups is 2. The van der Waals surface area contributed by atoms with Crippen molar-refractivity contribution in [2.24, 2.45) is 5.92 Å². The molecule has 3 fully saturated rings. The maximum absolute atomic E-state index is 13.6. The number of fused-ring (bicyclic) bond motifs is 3. The Balaban J connectivity index is 1.51. The van der Waals surface area contributed by atoms with E-state index in [1.54, 1.807) is 11.0 Å². The Bertz CT molecular complexity index is 867. The number of rotatable bonds is 1. The van der Waals surface area contributed by atoms with E-state index in [0.29, 0.717) is 47.3 Å². The van der Waals surface area contributed by atoms with Crippen molar-refractivity contribution in [2.45, 2.75) is 18.5 Å². The topological polar surface area (TPSA) is 89.5 Å². The average molecular weight is 422 g/mol. The van der Waals surface area contributed by atoms with Crippen LogP contribution in [0, 0.1) is 5.92 Å². The second-order valence-corrected chi connectivity index (χ2v) is 8.75. The van der Waals surface area contributed by atoms with Crippen molar-refractivity contribution in [2.75, 3.05) is 57.8 Å². The third-order valence-corrected chi connectivity index (χ3v) is 6.79. The summed E-state index contributed by atoms with van der Waals surface area (Å²) in [5, 5.41) is 9.61. The molecule has 0 aromatic carbocycles. The van der Waals surface area contributed by atoms with Crippen molar-refractivity contribution < 1.29 is 19.4 Å². The maximum atomic E-state index is 13.6. The van der Waals surface area contributed by atoms with Crippen LogP contribution >= 0.6 is 11.6 Å². The van der Waals surface area contributed by atoms with Gasteiger partial charge in [0.05, 0.1) is 6.04 Å². The Morgan fingerprint density at radius 3 is 2.86 bits per heavy atom. The molecule has 0 saturated carbocycles. The molecule has 1 aromatic rings. The van der Waals surface area contributed by atoms with E-state index in [9.17, 15) is 14.7 Å². The summed E-state index contributed by atoms with van der Waals surface area (Å²) in [6.45, 7) is 3.93. The molecule has 5 rings (SSSR count). The highest BCUT2D eigenvalue weighted by Gasteiger charge is 2.44. The largest absolute Gasteiger partial charge is 0.490 e. The normalized spacial score (nSPS) is 29.2. The molecule has 0 radical (unpaired) electrons. The Hall–Kier alpha value is -2.26. The lowest BCUT2D eigenvalue weighted by atomic mass is 10.0. The molecule has 3 saturated heterocycles. The number of likely N-dealkylation sites (tertiary alicyclic amines) is 1. The zero-order valence-corrected chi connectivity index (χ0v) is 17.0. The summed E-state index contributed by atoms with van der Waals surface area (Å²) < 4.78 is 5.99. The Morgan fingerprint density at radius 2 is 2.07 bits per heavy atom. The lowest BCUT2D eigenvalue weighted by Gasteiger charge is -2.38. The first-order valence-electron chi connectivity index (χ1n) is 9.99. The van der Waals surface area contributed by atoms with E-state index in [4.69, 9.17) is 16.3 Å². The van der Waals surface area contributed by atoms with Crippen LogP contribution in [-0.4, -0.2) is 102 Å². The first-order chi connectivity index (χ1) is 13.9. The number of hydrogen-bond acceptors (Lipinski definition) is 6.